The molecule has 3 N–H and O–H groups in total. The zero-order valence-electron chi connectivity index (χ0n) is 22.4. The summed E-state index contributed by atoms with van der Waals surface area (Å²) in [6, 6.07) is 8.62. The van der Waals surface area contributed by atoms with Crippen LogP contribution in [0.3, 0.4) is 0 Å². The van der Waals surface area contributed by atoms with E-state index in [1.165, 1.54) is 29.3 Å². The molecule has 2 amide bonds. The molecule has 0 bridgehead atoms. The molecule has 13 heteroatoms. The lowest BCUT2D eigenvalue weighted by atomic mass is 9.94. The highest BCUT2D eigenvalue weighted by atomic mass is 19.4. The molecule has 41 heavy (non-hydrogen) atoms. The molecular weight excluding hydrogens is 539 g/mol. The Morgan fingerprint density at radius 1 is 1.20 bits per heavy atom. The van der Waals surface area contributed by atoms with Gasteiger partial charge in [-0.05, 0) is 60.6 Å². The molecule has 1 aliphatic rings. The number of aromatic nitrogens is 3. The van der Waals surface area contributed by atoms with E-state index in [0.717, 1.165) is 12.3 Å². The number of amides is 2. The third-order valence-corrected chi connectivity index (χ3v) is 6.94. The number of rotatable bonds is 7. The minimum atomic E-state index is -4.59. The van der Waals surface area contributed by atoms with Gasteiger partial charge in [-0.2, -0.15) is 18.4 Å². The normalized spacial score (nSPS) is 14.1. The molecule has 0 saturated carbocycles. The van der Waals surface area contributed by atoms with E-state index in [2.05, 4.69) is 21.0 Å². The topological polar surface area (TPSA) is 149 Å². The number of phenolic OH excluding ortho intramolecular Hbond substituents is 1. The smallest absolute Gasteiger partial charge is 0.433 e. The quantitative estimate of drug-likeness (QED) is 0.430. The van der Waals surface area contributed by atoms with E-state index in [4.69, 9.17) is 5.73 Å². The third-order valence-electron chi connectivity index (χ3n) is 6.94. The summed E-state index contributed by atoms with van der Waals surface area (Å²) in [5.74, 6) is -1.70. The van der Waals surface area contributed by atoms with E-state index in [9.17, 15) is 33.1 Å². The fraction of sp³-hybridized carbons (Fsp3) is 0.357. The van der Waals surface area contributed by atoms with Crippen molar-refractivity contribution < 1.29 is 27.9 Å². The van der Waals surface area contributed by atoms with Crippen LogP contribution < -0.4 is 15.5 Å². The zero-order valence-corrected chi connectivity index (χ0v) is 22.4. The molecule has 3 aromatic rings. The number of nitriles is 1. The molecule has 0 atom stereocenters. The van der Waals surface area contributed by atoms with Gasteiger partial charge in [0.05, 0.1) is 22.9 Å². The highest BCUT2D eigenvalue weighted by Gasteiger charge is 2.34. The molecule has 1 saturated heterocycles. The van der Waals surface area contributed by atoms with Gasteiger partial charge in [-0.3, -0.25) is 14.6 Å². The number of anilines is 2. The lowest BCUT2D eigenvalue weighted by Crippen LogP contribution is -2.42. The molecule has 1 fully saturated rings. The van der Waals surface area contributed by atoms with E-state index in [0.29, 0.717) is 31.5 Å². The molecule has 3 heterocycles. The number of phenols is 1. The first-order valence-corrected chi connectivity index (χ1v) is 12.9. The summed E-state index contributed by atoms with van der Waals surface area (Å²) in [6.07, 6.45) is -1.34. The van der Waals surface area contributed by atoms with Gasteiger partial charge >= 0.3 is 6.18 Å². The van der Waals surface area contributed by atoms with Crippen molar-refractivity contribution in [3.63, 3.8) is 0 Å². The number of benzene rings is 1. The van der Waals surface area contributed by atoms with Crippen molar-refractivity contribution in [2.45, 2.75) is 38.8 Å². The minimum absolute atomic E-state index is 0.00217. The number of nitrogens with zero attached hydrogens (tertiary/aromatic N) is 6. The van der Waals surface area contributed by atoms with E-state index in [1.54, 1.807) is 11.0 Å². The van der Waals surface area contributed by atoms with Crippen LogP contribution in [0.4, 0.5) is 24.8 Å². The minimum Gasteiger partial charge on any atom is -0.505 e. The van der Waals surface area contributed by atoms with E-state index >= 15 is 0 Å². The summed E-state index contributed by atoms with van der Waals surface area (Å²) < 4.78 is 39.4. The molecular formula is C28H28F3N7O3. The van der Waals surface area contributed by atoms with Gasteiger partial charge in [0.1, 0.15) is 17.1 Å². The summed E-state index contributed by atoms with van der Waals surface area (Å²) >= 11 is 0. The number of carbonyl (C=O) groups is 2. The molecule has 1 aromatic carbocycles. The average Bonchev–Trinajstić information content (AvgIpc) is 2.95. The first kappa shape index (κ1) is 29.3. The maximum Gasteiger partial charge on any atom is 0.433 e. The van der Waals surface area contributed by atoms with Crippen LogP contribution in [0.5, 0.6) is 5.75 Å². The molecule has 0 radical (unpaired) electrons. The molecule has 0 spiro atoms. The summed E-state index contributed by atoms with van der Waals surface area (Å²) in [7, 11) is 0. The Balaban J connectivity index is 1.63. The number of carbonyl (C=O) groups excluding carboxylic acids is 2. The summed E-state index contributed by atoms with van der Waals surface area (Å²) in [5, 5.41) is 20.8. The largest absolute Gasteiger partial charge is 0.505 e. The van der Waals surface area contributed by atoms with E-state index in [1.807, 2.05) is 13.8 Å². The van der Waals surface area contributed by atoms with Crippen molar-refractivity contribution in [3.05, 3.63) is 70.8 Å². The lowest BCUT2D eigenvalue weighted by Gasteiger charge is -2.35. The van der Waals surface area contributed by atoms with Gasteiger partial charge in [-0.25, -0.2) is 9.97 Å². The van der Waals surface area contributed by atoms with Gasteiger partial charge < -0.3 is 20.6 Å². The van der Waals surface area contributed by atoms with Gasteiger partial charge in [0.2, 0.25) is 11.9 Å². The van der Waals surface area contributed by atoms with Gasteiger partial charge in [0.15, 0.2) is 0 Å². The molecule has 0 unspecified atom stereocenters. The van der Waals surface area contributed by atoms with Crippen LogP contribution in [-0.4, -0.2) is 51.5 Å². The number of nitrogens with two attached hydrogens (primary N) is 1. The molecule has 10 nitrogen and oxygen atoms in total. The average molecular weight is 568 g/mol. The van der Waals surface area contributed by atoms with Crippen molar-refractivity contribution in [1.29, 1.82) is 5.26 Å². The highest BCUT2D eigenvalue weighted by molar-refractivity contribution is 6.06. The van der Waals surface area contributed by atoms with Crippen LogP contribution in [0.1, 0.15) is 70.3 Å². The maximum atomic E-state index is 13.8. The van der Waals surface area contributed by atoms with Crippen molar-refractivity contribution in [2.75, 3.05) is 29.4 Å². The highest BCUT2D eigenvalue weighted by Crippen LogP contribution is 2.38. The summed E-state index contributed by atoms with van der Waals surface area (Å²) in [6.45, 7) is 4.53. The molecule has 214 valence electrons. The monoisotopic (exact) mass is 567 g/mol. The second-order valence-electron chi connectivity index (χ2n) is 10.1. The molecule has 4 rings (SSSR count). The maximum absolute atomic E-state index is 13.8. The fourth-order valence-corrected chi connectivity index (χ4v) is 4.68. The number of pyridine rings is 1. The van der Waals surface area contributed by atoms with Crippen molar-refractivity contribution >= 4 is 23.5 Å². The van der Waals surface area contributed by atoms with Crippen molar-refractivity contribution in [3.8, 4) is 11.8 Å². The summed E-state index contributed by atoms with van der Waals surface area (Å²) in [4.78, 5) is 40.0. The Labute approximate surface area is 234 Å². The van der Waals surface area contributed by atoms with Crippen LogP contribution in [0, 0.1) is 17.2 Å². The van der Waals surface area contributed by atoms with E-state index < -0.39 is 23.7 Å². The number of primary amides is 1. The second kappa shape index (κ2) is 11.8. The predicted octanol–water partition coefficient (Wildman–Crippen LogP) is 4.25. The van der Waals surface area contributed by atoms with Gasteiger partial charge in [0.25, 0.3) is 5.91 Å². The Morgan fingerprint density at radius 3 is 2.46 bits per heavy atom. The molecule has 1 aliphatic heterocycles. The Morgan fingerprint density at radius 2 is 1.90 bits per heavy atom. The van der Waals surface area contributed by atoms with Gasteiger partial charge in [-0.15, -0.1) is 0 Å². The summed E-state index contributed by atoms with van der Waals surface area (Å²) in [5.41, 5.74) is 5.27. The Bertz CT molecular complexity index is 1480. The number of aromatic hydroxyl groups is 1. The number of piperidine rings is 1. The van der Waals surface area contributed by atoms with Crippen LogP contribution in [0.15, 0.2) is 42.7 Å². The Hall–Kier alpha value is -4.73. The predicted molar refractivity (Wildman–Crippen MR) is 143 cm³/mol. The molecule has 2 aromatic heterocycles. The lowest BCUT2D eigenvalue weighted by molar-refractivity contribution is -0.141. The van der Waals surface area contributed by atoms with Gasteiger partial charge in [0, 0.05) is 32.0 Å². The Kier molecular flexibility index (Phi) is 8.41. The zero-order chi connectivity index (χ0) is 29.9. The number of alkyl halides is 3. The van der Waals surface area contributed by atoms with Crippen LogP contribution in [0.25, 0.3) is 0 Å². The fourth-order valence-electron chi connectivity index (χ4n) is 4.68. The SMILES string of the molecule is CC(C)c1cc(C#N)cc(N(CC2CCN(c3nccc(C(F)(F)F)n3)CC2)C(=O)c2ccc(C(N)=O)cn2)c1O. The number of halogens is 3. The van der Waals surface area contributed by atoms with Gasteiger partial charge in [-0.1, -0.05) is 13.8 Å². The molecule has 0 aliphatic carbocycles. The van der Waals surface area contributed by atoms with Crippen molar-refractivity contribution in [1.82, 2.24) is 15.0 Å². The first-order chi connectivity index (χ1) is 19.4. The van der Waals surface area contributed by atoms with Crippen LogP contribution in [-0.2, 0) is 6.18 Å². The second-order valence-corrected chi connectivity index (χ2v) is 10.1. The number of hydrogen-bond donors (Lipinski definition) is 2. The van der Waals surface area contributed by atoms with Crippen LogP contribution in [0.2, 0.25) is 0 Å². The number of hydrogen-bond acceptors (Lipinski definition) is 8. The third kappa shape index (κ3) is 6.54. The van der Waals surface area contributed by atoms with Crippen LogP contribution >= 0.6 is 0 Å². The van der Waals surface area contributed by atoms with E-state index in [-0.39, 0.29) is 52.6 Å². The standard InChI is InChI=1S/C28H28F3N7O3/c1-16(2)20-11-18(13-32)12-22(24(20)39)38(26(41)21-4-3-19(14-35-21)25(33)40)15-17-6-9-37(10-7-17)27-34-8-5-23(36-27)28(29,30)31/h3-5,8,11-12,14,16-17,39H,6-7,9-10,15H2,1-2H3,(H2,33,40). The first-order valence-electron chi connectivity index (χ1n) is 12.9. The van der Waals surface area contributed by atoms with Crippen molar-refractivity contribution in [2.24, 2.45) is 11.7 Å².